The summed E-state index contributed by atoms with van der Waals surface area (Å²) in [5.74, 6) is 0. The number of nitrogens with zero attached hydrogens (tertiary/aromatic N) is 1. The molecule has 2 rings (SSSR count). The maximum Gasteiger partial charge on any atom is 0.416 e. The normalized spacial score (nSPS) is 16.5. The SMILES string of the molecule is CC.FC(F)(F)c1cc(Br)cc(CN2CCCCC2)c1. The van der Waals surface area contributed by atoms with Gasteiger partial charge in [-0.25, -0.2) is 0 Å². The van der Waals surface area contributed by atoms with Crippen molar-refractivity contribution in [3.63, 3.8) is 0 Å². The summed E-state index contributed by atoms with van der Waals surface area (Å²) in [6.07, 6.45) is -0.774. The van der Waals surface area contributed by atoms with Crippen molar-refractivity contribution < 1.29 is 13.2 Å². The molecule has 0 spiro atoms. The van der Waals surface area contributed by atoms with E-state index in [1.165, 1.54) is 12.5 Å². The van der Waals surface area contributed by atoms with Gasteiger partial charge in [-0.3, -0.25) is 4.90 Å². The van der Waals surface area contributed by atoms with Gasteiger partial charge in [0.05, 0.1) is 5.56 Å². The van der Waals surface area contributed by atoms with Crippen LogP contribution in [-0.4, -0.2) is 18.0 Å². The average molecular weight is 352 g/mol. The molecule has 5 heteroatoms. The topological polar surface area (TPSA) is 3.24 Å². The van der Waals surface area contributed by atoms with Crippen LogP contribution in [-0.2, 0) is 12.7 Å². The molecule has 0 unspecified atom stereocenters. The fourth-order valence-corrected chi connectivity index (χ4v) is 2.82. The van der Waals surface area contributed by atoms with Gasteiger partial charge < -0.3 is 0 Å². The summed E-state index contributed by atoms with van der Waals surface area (Å²) in [4.78, 5) is 2.21. The van der Waals surface area contributed by atoms with Gasteiger partial charge in [-0.1, -0.05) is 36.2 Å². The molecule has 0 amide bonds. The van der Waals surface area contributed by atoms with Gasteiger partial charge in [-0.15, -0.1) is 0 Å². The number of benzene rings is 1. The Labute approximate surface area is 127 Å². The summed E-state index contributed by atoms with van der Waals surface area (Å²) in [7, 11) is 0. The molecule has 1 nitrogen and oxygen atoms in total. The lowest BCUT2D eigenvalue weighted by Crippen LogP contribution is -2.29. The summed E-state index contributed by atoms with van der Waals surface area (Å²) < 4.78 is 38.6. The molecule has 0 aromatic heterocycles. The lowest BCUT2D eigenvalue weighted by atomic mass is 10.1. The Morgan fingerprint density at radius 2 is 1.65 bits per heavy atom. The maximum atomic E-state index is 12.7. The first-order chi connectivity index (χ1) is 9.45. The lowest BCUT2D eigenvalue weighted by molar-refractivity contribution is -0.137. The average Bonchev–Trinajstić information content (AvgIpc) is 2.40. The third-order valence-corrected chi connectivity index (χ3v) is 3.60. The monoisotopic (exact) mass is 351 g/mol. The van der Waals surface area contributed by atoms with Crippen LogP contribution in [0.3, 0.4) is 0 Å². The predicted molar refractivity (Wildman–Crippen MR) is 79.6 cm³/mol. The van der Waals surface area contributed by atoms with Gasteiger partial charge in [0, 0.05) is 11.0 Å². The van der Waals surface area contributed by atoms with E-state index in [-0.39, 0.29) is 0 Å². The van der Waals surface area contributed by atoms with E-state index in [4.69, 9.17) is 0 Å². The zero-order valence-corrected chi connectivity index (χ0v) is 13.5. The molecule has 0 N–H and O–H groups in total. The van der Waals surface area contributed by atoms with Crippen LogP contribution in [0.25, 0.3) is 0 Å². The number of halogens is 4. The maximum absolute atomic E-state index is 12.7. The van der Waals surface area contributed by atoms with Crippen LogP contribution in [0.4, 0.5) is 13.2 Å². The minimum atomic E-state index is -4.28. The van der Waals surface area contributed by atoms with Gasteiger partial charge in [0.2, 0.25) is 0 Å². The molecule has 1 heterocycles. The fraction of sp³-hybridized carbons (Fsp3) is 0.600. The molecular weight excluding hydrogens is 331 g/mol. The van der Waals surface area contributed by atoms with Crippen molar-refractivity contribution in [3.8, 4) is 0 Å². The van der Waals surface area contributed by atoms with Crippen molar-refractivity contribution in [2.24, 2.45) is 0 Å². The van der Waals surface area contributed by atoms with E-state index >= 15 is 0 Å². The van der Waals surface area contributed by atoms with Crippen molar-refractivity contribution in [1.29, 1.82) is 0 Å². The fourth-order valence-electron chi connectivity index (χ4n) is 2.28. The van der Waals surface area contributed by atoms with Crippen molar-refractivity contribution in [2.45, 2.75) is 45.8 Å². The number of rotatable bonds is 2. The summed E-state index contributed by atoms with van der Waals surface area (Å²) in [6.45, 7) is 6.56. The second-order valence-corrected chi connectivity index (χ2v) is 5.60. The summed E-state index contributed by atoms with van der Waals surface area (Å²) >= 11 is 3.15. The number of hydrogen-bond acceptors (Lipinski definition) is 1. The molecule has 0 atom stereocenters. The third kappa shape index (κ3) is 5.44. The highest BCUT2D eigenvalue weighted by atomic mass is 79.9. The van der Waals surface area contributed by atoms with E-state index in [0.29, 0.717) is 11.0 Å². The van der Waals surface area contributed by atoms with Gasteiger partial charge >= 0.3 is 6.18 Å². The van der Waals surface area contributed by atoms with Gasteiger partial charge in [-0.05, 0) is 49.7 Å². The quantitative estimate of drug-likeness (QED) is 0.681. The van der Waals surface area contributed by atoms with E-state index in [1.807, 2.05) is 13.8 Å². The summed E-state index contributed by atoms with van der Waals surface area (Å²) in [5.41, 5.74) is 0.141. The number of hydrogen-bond donors (Lipinski definition) is 0. The molecular formula is C15H21BrF3N. The van der Waals surface area contributed by atoms with Gasteiger partial charge in [0.15, 0.2) is 0 Å². The van der Waals surface area contributed by atoms with E-state index < -0.39 is 11.7 Å². The van der Waals surface area contributed by atoms with Crippen molar-refractivity contribution in [2.75, 3.05) is 13.1 Å². The van der Waals surface area contributed by atoms with Crippen LogP contribution in [0.1, 0.15) is 44.2 Å². The highest BCUT2D eigenvalue weighted by Crippen LogP contribution is 2.32. The minimum absolute atomic E-state index is 0.490. The Hall–Kier alpha value is -0.550. The molecule has 1 aromatic rings. The molecule has 0 saturated carbocycles. The molecule has 20 heavy (non-hydrogen) atoms. The smallest absolute Gasteiger partial charge is 0.299 e. The van der Waals surface area contributed by atoms with Crippen LogP contribution in [0.15, 0.2) is 22.7 Å². The minimum Gasteiger partial charge on any atom is -0.299 e. The standard InChI is InChI=1S/C13H15BrF3N.C2H6/c14-12-7-10(6-11(8-12)13(15,16)17)9-18-4-2-1-3-5-18;1-2/h6-8H,1-5,9H2;1-2H3. The van der Waals surface area contributed by atoms with Gasteiger partial charge in [0.1, 0.15) is 0 Å². The van der Waals surface area contributed by atoms with Crippen LogP contribution in [0.2, 0.25) is 0 Å². The second-order valence-electron chi connectivity index (χ2n) is 4.68. The van der Waals surface area contributed by atoms with Crippen LogP contribution in [0, 0.1) is 0 Å². The Bertz CT molecular complexity index is 412. The van der Waals surface area contributed by atoms with Crippen molar-refractivity contribution >= 4 is 15.9 Å². The molecule has 0 radical (unpaired) electrons. The van der Waals surface area contributed by atoms with Crippen molar-refractivity contribution in [3.05, 3.63) is 33.8 Å². The highest BCUT2D eigenvalue weighted by Gasteiger charge is 2.31. The number of piperidine rings is 1. The first-order valence-electron chi connectivity index (χ1n) is 7.04. The molecule has 0 aliphatic carbocycles. The van der Waals surface area contributed by atoms with E-state index in [9.17, 15) is 13.2 Å². The first-order valence-corrected chi connectivity index (χ1v) is 7.83. The summed E-state index contributed by atoms with van der Waals surface area (Å²) in [5, 5.41) is 0. The Morgan fingerprint density at radius 1 is 1.05 bits per heavy atom. The highest BCUT2D eigenvalue weighted by molar-refractivity contribution is 9.10. The number of alkyl halides is 3. The molecule has 1 fully saturated rings. The Kier molecular flexibility index (Phi) is 7.03. The van der Waals surface area contributed by atoms with Crippen LogP contribution in [0.5, 0.6) is 0 Å². The molecule has 114 valence electrons. The second kappa shape index (κ2) is 8.03. The zero-order valence-electron chi connectivity index (χ0n) is 11.9. The van der Waals surface area contributed by atoms with Crippen LogP contribution >= 0.6 is 15.9 Å². The first kappa shape index (κ1) is 17.5. The molecule has 1 aliphatic heterocycles. The van der Waals surface area contributed by atoms with Crippen LogP contribution < -0.4 is 0 Å². The number of likely N-dealkylation sites (tertiary alicyclic amines) is 1. The molecule has 0 bridgehead atoms. The molecule has 1 saturated heterocycles. The summed E-state index contributed by atoms with van der Waals surface area (Å²) in [6, 6.07) is 4.14. The van der Waals surface area contributed by atoms with Crippen molar-refractivity contribution in [1.82, 2.24) is 4.90 Å². The Balaban J connectivity index is 0.000000956. The predicted octanol–water partition coefficient (Wildman–Crippen LogP) is 5.48. The van der Waals surface area contributed by atoms with E-state index in [2.05, 4.69) is 20.8 Å². The van der Waals surface area contributed by atoms with E-state index in [0.717, 1.165) is 37.6 Å². The molecule has 1 aliphatic rings. The van der Waals surface area contributed by atoms with Gasteiger partial charge in [-0.2, -0.15) is 13.2 Å². The third-order valence-electron chi connectivity index (χ3n) is 3.14. The van der Waals surface area contributed by atoms with E-state index in [1.54, 1.807) is 6.07 Å². The zero-order chi connectivity index (χ0) is 15.2. The van der Waals surface area contributed by atoms with Gasteiger partial charge in [0.25, 0.3) is 0 Å². The largest absolute Gasteiger partial charge is 0.416 e. The lowest BCUT2D eigenvalue weighted by Gasteiger charge is -2.26. The molecule has 1 aromatic carbocycles. The Morgan fingerprint density at radius 3 is 2.20 bits per heavy atom.